The number of hydrogen-bond acceptors (Lipinski definition) is 1. The highest BCUT2D eigenvalue weighted by atomic mass is 15.1. The maximum atomic E-state index is 2.47. The van der Waals surface area contributed by atoms with E-state index in [1.165, 1.54) is 71.6 Å². The molecular formula is C46H31N. The molecule has 10 rings (SSSR count). The molecule has 0 saturated heterocycles. The first-order chi connectivity index (χ1) is 23.2. The first-order valence-corrected chi connectivity index (χ1v) is 16.4. The molecule has 0 heterocycles. The maximum absolute atomic E-state index is 2.47. The van der Waals surface area contributed by atoms with Gasteiger partial charge < -0.3 is 4.90 Å². The lowest BCUT2D eigenvalue weighted by molar-refractivity contribution is 0.802. The average molecular weight is 598 g/mol. The fraction of sp³-hybridized carbons (Fsp3) is 0.0435. The summed E-state index contributed by atoms with van der Waals surface area (Å²) in [5, 5.41) is 5.10. The van der Waals surface area contributed by atoms with Gasteiger partial charge in [0.1, 0.15) is 0 Å². The van der Waals surface area contributed by atoms with Gasteiger partial charge in [0.2, 0.25) is 0 Å². The monoisotopic (exact) mass is 597 g/mol. The van der Waals surface area contributed by atoms with Crippen LogP contribution in [-0.4, -0.2) is 0 Å². The van der Waals surface area contributed by atoms with Crippen LogP contribution in [0.2, 0.25) is 0 Å². The molecular weight excluding hydrogens is 567 g/mol. The predicted molar refractivity (Wildman–Crippen MR) is 197 cm³/mol. The molecule has 8 aromatic rings. The van der Waals surface area contributed by atoms with E-state index in [9.17, 15) is 0 Å². The molecule has 0 atom stereocenters. The Hall–Kier alpha value is -5.92. The van der Waals surface area contributed by atoms with E-state index in [1.54, 1.807) is 0 Å². The second-order valence-corrected chi connectivity index (χ2v) is 13.0. The molecule has 0 fully saturated rings. The summed E-state index contributed by atoms with van der Waals surface area (Å²) in [5.74, 6) is 0. The molecule has 0 radical (unpaired) electrons. The molecule has 0 saturated carbocycles. The number of hydrogen-bond donors (Lipinski definition) is 0. The van der Waals surface area contributed by atoms with Crippen LogP contribution in [0.3, 0.4) is 0 Å². The van der Waals surface area contributed by atoms with Crippen LogP contribution in [-0.2, 0) is 5.41 Å². The smallest absolute Gasteiger partial charge is 0.0731 e. The predicted octanol–water partition coefficient (Wildman–Crippen LogP) is 12.1. The van der Waals surface area contributed by atoms with Crippen molar-refractivity contribution in [3.63, 3.8) is 0 Å². The van der Waals surface area contributed by atoms with Gasteiger partial charge in [0.15, 0.2) is 0 Å². The van der Waals surface area contributed by atoms with Crippen molar-refractivity contribution in [1.29, 1.82) is 0 Å². The molecule has 2 aliphatic rings. The molecule has 47 heavy (non-hydrogen) atoms. The lowest BCUT2D eigenvalue weighted by Crippen LogP contribution is -2.26. The maximum Gasteiger partial charge on any atom is 0.0731 e. The minimum atomic E-state index is -0.404. The average Bonchev–Trinajstić information content (AvgIpc) is 3.58. The van der Waals surface area contributed by atoms with Crippen molar-refractivity contribution in [2.24, 2.45) is 0 Å². The molecule has 2 aliphatic carbocycles. The van der Waals surface area contributed by atoms with Crippen molar-refractivity contribution in [3.05, 3.63) is 198 Å². The van der Waals surface area contributed by atoms with Crippen molar-refractivity contribution >= 4 is 38.6 Å². The van der Waals surface area contributed by atoms with E-state index in [-0.39, 0.29) is 0 Å². The highest BCUT2D eigenvalue weighted by molar-refractivity contribution is 6.07. The summed E-state index contributed by atoms with van der Waals surface area (Å²) in [5.41, 5.74) is 15.1. The minimum absolute atomic E-state index is 0.404. The Morgan fingerprint density at radius 3 is 1.77 bits per heavy atom. The highest BCUT2D eigenvalue weighted by Crippen LogP contribution is 2.64. The van der Waals surface area contributed by atoms with Gasteiger partial charge in [-0.3, -0.25) is 0 Å². The number of aryl methyl sites for hydroxylation is 1. The molecule has 8 aromatic carbocycles. The molecule has 0 amide bonds. The third-order valence-corrected chi connectivity index (χ3v) is 10.4. The van der Waals surface area contributed by atoms with Crippen LogP contribution in [0.1, 0.15) is 27.8 Å². The van der Waals surface area contributed by atoms with Crippen molar-refractivity contribution in [2.45, 2.75) is 12.3 Å². The van der Waals surface area contributed by atoms with Gasteiger partial charge in [-0.05, 0) is 127 Å². The summed E-state index contributed by atoms with van der Waals surface area (Å²) in [6.45, 7) is 2.16. The second kappa shape index (κ2) is 9.79. The van der Waals surface area contributed by atoms with Gasteiger partial charge in [-0.15, -0.1) is 0 Å². The van der Waals surface area contributed by atoms with Gasteiger partial charge in [0, 0.05) is 17.1 Å². The minimum Gasteiger partial charge on any atom is -0.310 e. The van der Waals surface area contributed by atoms with Crippen LogP contribution >= 0.6 is 0 Å². The standard InChI is InChI=1S/C46H31N/c1-30-12-11-17-35(26-30)47(34-15-3-2-4-16-34)36-23-25-37-33(27-36)22-24-40-41-28-31-13-5-6-14-32(31)29-44(41)46(45(37)40)42-20-9-7-18-38(42)39-19-8-10-21-43(39)46/h2-29H,1H3. The lowest BCUT2D eigenvalue weighted by Gasteiger charge is -2.32. The third kappa shape index (κ3) is 3.60. The highest BCUT2D eigenvalue weighted by Gasteiger charge is 2.52. The SMILES string of the molecule is Cc1cccc(N(c2ccccc2)c2ccc3c4c(ccc3c2)-c2cc3ccccc3cc2C42c3ccccc3-c3ccccc32)c1. The summed E-state index contributed by atoms with van der Waals surface area (Å²) in [6.07, 6.45) is 0. The van der Waals surface area contributed by atoms with Crippen LogP contribution in [0.4, 0.5) is 17.1 Å². The van der Waals surface area contributed by atoms with Gasteiger partial charge in [-0.1, -0.05) is 121 Å². The van der Waals surface area contributed by atoms with E-state index in [4.69, 9.17) is 0 Å². The Balaban J connectivity index is 1.29. The Bertz CT molecular complexity index is 2500. The van der Waals surface area contributed by atoms with Gasteiger partial charge >= 0.3 is 0 Å². The van der Waals surface area contributed by atoms with E-state index in [2.05, 4.69) is 182 Å². The van der Waals surface area contributed by atoms with Crippen molar-refractivity contribution < 1.29 is 0 Å². The first-order valence-electron chi connectivity index (χ1n) is 16.4. The van der Waals surface area contributed by atoms with Crippen LogP contribution in [0.15, 0.2) is 170 Å². The fourth-order valence-electron chi connectivity index (χ4n) is 8.58. The number of fused-ring (bicyclic) bond motifs is 13. The number of anilines is 3. The lowest BCUT2D eigenvalue weighted by atomic mass is 9.69. The largest absolute Gasteiger partial charge is 0.310 e. The number of nitrogens with zero attached hydrogens (tertiary/aromatic N) is 1. The normalized spacial score (nSPS) is 13.4. The molecule has 1 nitrogen and oxygen atoms in total. The van der Waals surface area contributed by atoms with Gasteiger partial charge in [0.25, 0.3) is 0 Å². The van der Waals surface area contributed by atoms with Gasteiger partial charge in [-0.2, -0.15) is 0 Å². The molecule has 1 heteroatoms. The van der Waals surface area contributed by atoms with Crippen molar-refractivity contribution in [1.82, 2.24) is 0 Å². The Labute approximate surface area is 275 Å². The summed E-state index contributed by atoms with van der Waals surface area (Å²) >= 11 is 0. The van der Waals surface area contributed by atoms with Gasteiger partial charge in [-0.25, -0.2) is 0 Å². The summed E-state index contributed by atoms with van der Waals surface area (Å²) in [6, 6.07) is 63.1. The summed E-state index contributed by atoms with van der Waals surface area (Å²) in [7, 11) is 0. The number of para-hydroxylation sites is 1. The molecule has 0 aromatic heterocycles. The zero-order valence-corrected chi connectivity index (χ0v) is 26.1. The molecule has 1 spiro atoms. The zero-order valence-electron chi connectivity index (χ0n) is 26.1. The number of rotatable bonds is 3. The molecule has 0 unspecified atom stereocenters. The summed E-state index contributed by atoms with van der Waals surface area (Å²) < 4.78 is 0. The van der Waals surface area contributed by atoms with Crippen LogP contribution in [0.5, 0.6) is 0 Å². The third-order valence-electron chi connectivity index (χ3n) is 10.4. The quantitative estimate of drug-likeness (QED) is 0.196. The Kier molecular flexibility index (Phi) is 5.48. The molecule has 0 aliphatic heterocycles. The Morgan fingerprint density at radius 2 is 1.02 bits per heavy atom. The van der Waals surface area contributed by atoms with E-state index in [0.29, 0.717) is 0 Å². The van der Waals surface area contributed by atoms with E-state index < -0.39 is 5.41 Å². The van der Waals surface area contributed by atoms with E-state index in [0.717, 1.165) is 17.1 Å². The van der Waals surface area contributed by atoms with E-state index >= 15 is 0 Å². The second-order valence-electron chi connectivity index (χ2n) is 13.0. The zero-order chi connectivity index (χ0) is 31.1. The van der Waals surface area contributed by atoms with Crippen LogP contribution in [0.25, 0.3) is 43.8 Å². The van der Waals surface area contributed by atoms with Gasteiger partial charge in [0.05, 0.1) is 5.41 Å². The van der Waals surface area contributed by atoms with Crippen LogP contribution in [0, 0.1) is 6.92 Å². The van der Waals surface area contributed by atoms with Crippen LogP contribution < -0.4 is 4.90 Å². The van der Waals surface area contributed by atoms with Crippen molar-refractivity contribution in [2.75, 3.05) is 4.90 Å². The summed E-state index contributed by atoms with van der Waals surface area (Å²) in [4.78, 5) is 2.37. The molecule has 220 valence electrons. The Morgan fingerprint density at radius 1 is 0.383 bits per heavy atom. The molecule has 0 bridgehead atoms. The number of benzene rings is 8. The first kappa shape index (κ1) is 26.3. The fourth-order valence-corrected chi connectivity index (χ4v) is 8.58. The topological polar surface area (TPSA) is 3.24 Å². The van der Waals surface area contributed by atoms with E-state index in [1.807, 2.05) is 0 Å². The molecule has 0 N–H and O–H groups in total. The van der Waals surface area contributed by atoms with Crippen molar-refractivity contribution in [3.8, 4) is 22.3 Å².